The highest BCUT2D eigenvalue weighted by molar-refractivity contribution is 9.10. The Kier molecular flexibility index (Phi) is 4.85. The molecule has 3 N–H and O–H groups in total. The van der Waals surface area contributed by atoms with E-state index in [0.29, 0.717) is 17.1 Å². The van der Waals surface area contributed by atoms with E-state index in [9.17, 15) is 4.79 Å². The zero-order valence-electron chi connectivity index (χ0n) is 11.9. The molecule has 0 atom stereocenters. The van der Waals surface area contributed by atoms with E-state index in [-0.39, 0.29) is 12.5 Å². The summed E-state index contributed by atoms with van der Waals surface area (Å²) in [5.41, 5.74) is 9.04. The van der Waals surface area contributed by atoms with Crippen LogP contribution in [0.2, 0.25) is 0 Å². The van der Waals surface area contributed by atoms with Gasteiger partial charge in [0.2, 0.25) is 0 Å². The van der Waals surface area contributed by atoms with Gasteiger partial charge in [0.15, 0.2) is 6.61 Å². The van der Waals surface area contributed by atoms with E-state index in [1.54, 1.807) is 12.1 Å². The van der Waals surface area contributed by atoms with Gasteiger partial charge in [-0.1, -0.05) is 22.0 Å². The molecule has 4 nitrogen and oxygen atoms in total. The summed E-state index contributed by atoms with van der Waals surface area (Å²) in [5.74, 6) is 0.444. The third-order valence-electron chi connectivity index (χ3n) is 3.04. The largest absolute Gasteiger partial charge is 0.484 e. The summed E-state index contributed by atoms with van der Waals surface area (Å²) in [7, 11) is 0. The van der Waals surface area contributed by atoms with Gasteiger partial charge in [0, 0.05) is 15.8 Å². The number of aryl methyl sites for hydroxylation is 2. The zero-order valence-corrected chi connectivity index (χ0v) is 13.5. The van der Waals surface area contributed by atoms with Crippen molar-refractivity contribution in [3.63, 3.8) is 0 Å². The first-order valence-electron chi connectivity index (χ1n) is 6.50. The molecule has 0 spiro atoms. The molecular weight excluding hydrogens is 332 g/mol. The molecule has 0 radical (unpaired) electrons. The van der Waals surface area contributed by atoms with Gasteiger partial charge in [-0.25, -0.2) is 0 Å². The summed E-state index contributed by atoms with van der Waals surface area (Å²) < 4.78 is 6.49. The second-order valence-corrected chi connectivity index (χ2v) is 5.68. The van der Waals surface area contributed by atoms with Crippen molar-refractivity contribution in [2.24, 2.45) is 0 Å². The SMILES string of the molecule is Cc1cc(OCC(=O)Nc2cc(N)ccc2C)ccc1Br. The topological polar surface area (TPSA) is 64.3 Å². The van der Waals surface area contributed by atoms with E-state index in [1.165, 1.54) is 0 Å². The van der Waals surface area contributed by atoms with Gasteiger partial charge in [-0.2, -0.15) is 0 Å². The number of carbonyl (C=O) groups is 1. The molecule has 0 aliphatic carbocycles. The van der Waals surface area contributed by atoms with Gasteiger partial charge in [0.25, 0.3) is 5.91 Å². The van der Waals surface area contributed by atoms with E-state index in [2.05, 4.69) is 21.2 Å². The molecule has 0 bridgehead atoms. The average Bonchev–Trinajstić information content (AvgIpc) is 2.44. The Morgan fingerprint density at radius 1 is 1.19 bits per heavy atom. The Balaban J connectivity index is 1.95. The van der Waals surface area contributed by atoms with E-state index in [0.717, 1.165) is 15.6 Å². The van der Waals surface area contributed by atoms with Gasteiger partial charge in [-0.3, -0.25) is 4.79 Å². The number of amides is 1. The van der Waals surface area contributed by atoms with Gasteiger partial charge in [-0.15, -0.1) is 0 Å². The standard InChI is InChI=1S/C16H17BrN2O2/c1-10-3-4-12(18)8-15(10)19-16(20)9-21-13-5-6-14(17)11(2)7-13/h3-8H,9,18H2,1-2H3,(H,19,20). The highest BCUT2D eigenvalue weighted by atomic mass is 79.9. The highest BCUT2D eigenvalue weighted by Crippen LogP contribution is 2.22. The first-order valence-corrected chi connectivity index (χ1v) is 7.30. The van der Waals surface area contributed by atoms with Gasteiger partial charge >= 0.3 is 0 Å². The van der Waals surface area contributed by atoms with Crippen LogP contribution in [0.5, 0.6) is 5.75 Å². The lowest BCUT2D eigenvalue weighted by molar-refractivity contribution is -0.118. The van der Waals surface area contributed by atoms with E-state index in [4.69, 9.17) is 10.5 Å². The number of halogens is 1. The number of nitrogens with two attached hydrogens (primary N) is 1. The Morgan fingerprint density at radius 3 is 2.67 bits per heavy atom. The fourth-order valence-corrected chi connectivity index (χ4v) is 2.06. The Hall–Kier alpha value is -2.01. The van der Waals surface area contributed by atoms with Crippen molar-refractivity contribution in [1.29, 1.82) is 0 Å². The summed E-state index contributed by atoms with van der Waals surface area (Å²) in [4.78, 5) is 11.9. The summed E-state index contributed by atoms with van der Waals surface area (Å²) in [5, 5.41) is 2.79. The highest BCUT2D eigenvalue weighted by Gasteiger charge is 2.07. The fraction of sp³-hybridized carbons (Fsp3) is 0.188. The van der Waals surface area contributed by atoms with Crippen LogP contribution in [0, 0.1) is 13.8 Å². The number of hydrogen-bond donors (Lipinski definition) is 2. The van der Waals surface area contributed by atoms with Gasteiger partial charge in [0.05, 0.1) is 0 Å². The molecule has 0 saturated carbocycles. The van der Waals surface area contributed by atoms with Crippen LogP contribution in [0.3, 0.4) is 0 Å². The second kappa shape index (κ2) is 6.63. The monoisotopic (exact) mass is 348 g/mol. The average molecular weight is 349 g/mol. The molecule has 21 heavy (non-hydrogen) atoms. The molecule has 0 fully saturated rings. The predicted octanol–water partition coefficient (Wildman–Crippen LogP) is 3.67. The van der Waals surface area contributed by atoms with Crippen molar-refractivity contribution in [3.05, 3.63) is 52.0 Å². The minimum Gasteiger partial charge on any atom is -0.484 e. The molecule has 5 heteroatoms. The summed E-state index contributed by atoms with van der Waals surface area (Å²) in [6.07, 6.45) is 0. The van der Waals surface area contributed by atoms with Crippen molar-refractivity contribution in [2.75, 3.05) is 17.7 Å². The number of nitrogen functional groups attached to an aromatic ring is 1. The number of anilines is 2. The van der Waals surface area contributed by atoms with Crippen LogP contribution in [0.4, 0.5) is 11.4 Å². The first-order chi connectivity index (χ1) is 9.95. The van der Waals surface area contributed by atoms with E-state index >= 15 is 0 Å². The molecular formula is C16H17BrN2O2. The molecule has 0 unspecified atom stereocenters. The molecule has 0 aromatic heterocycles. The summed E-state index contributed by atoms with van der Waals surface area (Å²) in [6.45, 7) is 3.83. The van der Waals surface area contributed by atoms with Crippen LogP contribution in [0.15, 0.2) is 40.9 Å². The van der Waals surface area contributed by atoms with E-state index < -0.39 is 0 Å². The number of hydrogen-bond acceptors (Lipinski definition) is 3. The normalized spacial score (nSPS) is 10.2. The molecule has 2 rings (SSSR count). The third kappa shape index (κ3) is 4.23. The zero-order chi connectivity index (χ0) is 15.4. The van der Waals surface area contributed by atoms with Crippen molar-refractivity contribution < 1.29 is 9.53 Å². The smallest absolute Gasteiger partial charge is 0.262 e. The molecule has 0 saturated heterocycles. The van der Waals surface area contributed by atoms with Crippen molar-refractivity contribution in [1.82, 2.24) is 0 Å². The summed E-state index contributed by atoms with van der Waals surface area (Å²) in [6, 6.07) is 11.0. The first kappa shape index (κ1) is 15.4. The molecule has 1 amide bonds. The molecule has 2 aromatic rings. The number of carbonyl (C=O) groups excluding carboxylic acids is 1. The minimum atomic E-state index is -0.218. The van der Waals surface area contributed by atoms with Crippen LogP contribution in [0.25, 0.3) is 0 Å². The lowest BCUT2D eigenvalue weighted by Crippen LogP contribution is -2.20. The molecule has 0 heterocycles. The number of nitrogens with one attached hydrogen (secondary N) is 1. The Morgan fingerprint density at radius 2 is 1.95 bits per heavy atom. The van der Waals surface area contributed by atoms with Crippen LogP contribution < -0.4 is 15.8 Å². The molecule has 2 aromatic carbocycles. The van der Waals surface area contributed by atoms with Crippen LogP contribution in [-0.2, 0) is 4.79 Å². The van der Waals surface area contributed by atoms with E-state index in [1.807, 2.05) is 38.1 Å². The van der Waals surface area contributed by atoms with Crippen LogP contribution in [0.1, 0.15) is 11.1 Å². The lowest BCUT2D eigenvalue weighted by Gasteiger charge is -2.11. The van der Waals surface area contributed by atoms with Crippen molar-refractivity contribution in [2.45, 2.75) is 13.8 Å². The Bertz CT molecular complexity index is 671. The third-order valence-corrected chi connectivity index (χ3v) is 3.92. The molecule has 0 aliphatic heterocycles. The maximum absolute atomic E-state index is 11.9. The fourth-order valence-electron chi connectivity index (χ4n) is 1.82. The minimum absolute atomic E-state index is 0.0463. The number of ether oxygens (including phenoxy) is 1. The van der Waals surface area contributed by atoms with Gasteiger partial charge < -0.3 is 15.8 Å². The Labute approximate surface area is 132 Å². The molecule has 0 aliphatic rings. The maximum Gasteiger partial charge on any atom is 0.262 e. The van der Waals surface area contributed by atoms with Crippen LogP contribution >= 0.6 is 15.9 Å². The van der Waals surface area contributed by atoms with Crippen molar-refractivity contribution in [3.8, 4) is 5.75 Å². The van der Waals surface area contributed by atoms with Gasteiger partial charge in [-0.05, 0) is 55.3 Å². The quantitative estimate of drug-likeness (QED) is 0.828. The second-order valence-electron chi connectivity index (χ2n) is 4.82. The molecule has 110 valence electrons. The number of rotatable bonds is 4. The number of benzene rings is 2. The predicted molar refractivity (Wildman–Crippen MR) is 88.6 cm³/mol. The van der Waals surface area contributed by atoms with Crippen molar-refractivity contribution >= 4 is 33.2 Å². The van der Waals surface area contributed by atoms with Crippen LogP contribution in [-0.4, -0.2) is 12.5 Å². The lowest BCUT2D eigenvalue weighted by atomic mass is 10.2. The summed E-state index contributed by atoms with van der Waals surface area (Å²) >= 11 is 3.42. The van der Waals surface area contributed by atoms with Gasteiger partial charge in [0.1, 0.15) is 5.75 Å². The maximum atomic E-state index is 11.9.